The zero-order valence-electron chi connectivity index (χ0n) is 17.0. The van der Waals surface area contributed by atoms with Crippen LogP contribution < -0.4 is 24.8 Å². The summed E-state index contributed by atoms with van der Waals surface area (Å²) in [4.78, 5) is 0. The minimum absolute atomic E-state index is 0. The third kappa shape index (κ3) is 5.02. The van der Waals surface area contributed by atoms with Crippen LogP contribution in [0.2, 0.25) is 7.35 Å². The number of benzene rings is 1. The first-order chi connectivity index (χ1) is 13.4. The number of hydrogen-bond acceptors (Lipinski definition) is 0. The second kappa shape index (κ2) is 10.9. The molecule has 0 nitrogen and oxygen atoms in total. The van der Waals surface area contributed by atoms with E-state index in [1.54, 1.807) is 16.7 Å². The number of halogens is 2. The van der Waals surface area contributed by atoms with E-state index in [0.717, 1.165) is 7.35 Å². The van der Waals surface area contributed by atoms with Crippen LogP contribution in [0.3, 0.4) is 0 Å². The second-order valence-electron chi connectivity index (χ2n) is 8.58. The van der Waals surface area contributed by atoms with E-state index in [1.165, 1.54) is 57.4 Å². The third-order valence-electron chi connectivity index (χ3n) is 6.97. The van der Waals surface area contributed by atoms with Crippen LogP contribution in [0.25, 0.3) is 0 Å². The number of rotatable bonds is 4. The van der Waals surface area contributed by atoms with Crippen LogP contribution in [0.1, 0.15) is 56.9 Å². The molecule has 2 unspecified atom stereocenters. The van der Waals surface area contributed by atoms with Gasteiger partial charge in [-0.2, -0.15) is 0 Å². The Hall–Kier alpha value is -0.153. The minimum Gasteiger partial charge on any atom is -1.00 e. The molecule has 0 heterocycles. The van der Waals surface area contributed by atoms with Gasteiger partial charge in [-0.15, -0.1) is 0 Å². The molecule has 29 heavy (non-hydrogen) atoms. The summed E-state index contributed by atoms with van der Waals surface area (Å²) in [5.41, 5.74) is 8.94. The predicted octanol–water partition coefficient (Wildman–Crippen LogP) is 0.622. The molecular formula is C25H30Cl2HfSi. The SMILES string of the molecule is C1=C[CH]([Hf+2](=[SiH]Cc2ccccc2)[CH]2C=CC3=C2CCCC3)C2=C1CCCC2.[Cl-].[Cl-]. The van der Waals surface area contributed by atoms with Gasteiger partial charge >= 0.3 is 174 Å². The maximum atomic E-state index is 2.70. The van der Waals surface area contributed by atoms with Crippen molar-refractivity contribution >= 4 is 6.22 Å². The summed E-state index contributed by atoms with van der Waals surface area (Å²) >= 11 is -1.83. The van der Waals surface area contributed by atoms with Crippen molar-refractivity contribution in [2.24, 2.45) is 0 Å². The van der Waals surface area contributed by atoms with Crippen molar-refractivity contribution < 1.29 is 44.9 Å². The molecule has 4 aliphatic carbocycles. The first kappa shape index (κ1) is 23.5. The largest absolute Gasteiger partial charge is 1.00 e. The van der Waals surface area contributed by atoms with Crippen molar-refractivity contribution in [2.45, 2.75) is 64.8 Å². The van der Waals surface area contributed by atoms with E-state index in [1.807, 2.05) is 11.1 Å². The van der Waals surface area contributed by atoms with Gasteiger partial charge in [0.05, 0.1) is 0 Å². The molecule has 0 bridgehead atoms. The molecule has 0 fully saturated rings. The van der Waals surface area contributed by atoms with E-state index in [2.05, 4.69) is 54.6 Å². The van der Waals surface area contributed by atoms with Crippen molar-refractivity contribution in [3.63, 3.8) is 0 Å². The molecule has 0 spiro atoms. The Balaban J connectivity index is 0.00000120. The Bertz CT molecular complexity index is 829. The zero-order valence-corrected chi connectivity index (χ0v) is 23.3. The van der Waals surface area contributed by atoms with Gasteiger partial charge in [-0.25, -0.2) is 0 Å². The van der Waals surface area contributed by atoms with E-state index < -0.39 is 20.1 Å². The molecule has 1 aromatic carbocycles. The Labute approximate surface area is 197 Å². The topological polar surface area (TPSA) is 0 Å². The first-order valence-electron chi connectivity index (χ1n) is 10.9. The van der Waals surface area contributed by atoms with Crippen LogP contribution in [0.5, 0.6) is 0 Å². The van der Waals surface area contributed by atoms with Gasteiger partial charge in [0.15, 0.2) is 0 Å². The van der Waals surface area contributed by atoms with E-state index in [4.69, 9.17) is 0 Å². The van der Waals surface area contributed by atoms with Crippen LogP contribution in [-0.4, -0.2) is 6.22 Å². The molecule has 4 heteroatoms. The Kier molecular flexibility index (Phi) is 8.86. The Morgan fingerprint density at radius 2 is 1.24 bits per heavy atom. The fraction of sp³-hybridized carbons (Fsp3) is 0.440. The molecule has 1 aromatic rings. The molecule has 0 N–H and O–H groups in total. The van der Waals surface area contributed by atoms with Crippen molar-refractivity contribution in [2.75, 3.05) is 0 Å². The van der Waals surface area contributed by atoms with Gasteiger partial charge in [0.2, 0.25) is 0 Å². The molecule has 0 aliphatic heterocycles. The first-order valence-corrected chi connectivity index (χ1v) is 22.7. The molecule has 0 saturated carbocycles. The molecule has 0 aromatic heterocycles. The molecule has 4 aliphatic rings. The van der Waals surface area contributed by atoms with Gasteiger partial charge in [-0.3, -0.25) is 0 Å². The predicted molar refractivity (Wildman–Crippen MR) is 114 cm³/mol. The molecule has 0 amide bonds. The number of hydrogen-bond donors (Lipinski definition) is 0. The third-order valence-corrected chi connectivity index (χ3v) is 30.3. The van der Waals surface area contributed by atoms with Crippen LogP contribution >= 0.6 is 0 Å². The molecule has 5 rings (SSSR count). The van der Waals surface area contributed by atoms with Crippen LogP contribution in [0.4, 0.5) is 0 Å². The van der Waals surface area contributed by atoms with E-state index >= 15 is 0 Å². The Morgan fingerprint density at radius 3 is 1.79 bits per heavy atom. The summed E-state index contributed by atoms with van der Waals surface area (Å²) in [5, 5.41) is 0. The monoisotopic (exact) mass is 608 g/mol. The molecule has 0 saturated heterocycles. The summed E-state index contributed by atoms with van der Waals surface area (Å²) in [6.07, 6.45) is 22.4. The van der Waals surface area contributed by atoms with Gasteiger partial charge in [-0.05, 0) is 0 Å². The van der Waals surface area contributed by atoms with Crippen LogP contribution in [0, 0.1) is 0 Å². The fourth-order valence-electron chi connectivity index (χ4n) is 5.57. The van der Waals surface area contributed by atoms with Gasteiger partial charge < -0.3 is 24.8 Å². The summed E-state index contributed by atoms with van der Waals surface area (Å²) < 4.78 is 1.87. The van der Waals surface area contributed by atoms with E-state index in [0.29, 0.717) is 6.22 Å². The average Bonchev–Trinajstić information content (AvgIpc) is 3.34. The van der Waals surface area contributed by atoms with Crippen molar-refractivity contribution in [3.05, 3.63) is 82.5 Å². The van der Waals surface area contributed by atoms with Crippen LogP contribution in [0.15, 0.2) is 76.9 Å². The Morgan fingerprint density at radius 1 is 0.724 bits per heavy atom. The average molecular weight is 608 g/mol. The van der Waals surface area contributed by atoms with Crippen molar-refractivity contribution in [3.8, 4) is 0 Å². The number of allylic oxidation sites excluding steroid dienone is 8. The molecule has 152 valence electrons. The molecule has 0 radical (unpaired) electrons. The fourth-order valence-corrected chi connectivity index (χ4v) is 31.4. The zero-order chi connectivity index (χ0) is 18.1. The van der Waals surface area contributed by atoms with Gasteiger partial charge in [0, 0.05) is 0 Å². The normalized spacial score (nSPS) is 24.2. The van der Waals surface area contributed by atoms with Gasteiger partial charge in [0.1, 0.15) is 0 Å². The molecule has 2 atom stereocenters. The maximum absolute atomic E-state index is 2.70. The van der Waals surface area contributed by atoms with Crippen molar-refractivity contribution in [1.82, 2.24) is 0 Å². The summed E-state index contributed by atoms with van der Waals surface area (Å²) in [6, 6.07) is 12.7. The van der Waals surface area contributed by atoms with Gasteiger partial charge in [-0.1, -0.05) is 0 Å². The summed E-state index contributed by atoms with van der Waals surface area (Å²) in [6.45, 7) is 0. The second-order valence-corrected chi connectivity index (χ2v) is 27.3. The summed E-state index contributed by atoms with van der Waals surface area (Å²) in [7, 11) is 0. The maximum Gasteiger partial charge on any atom is -1.00 e. The standard InChI is InChI=1S/2C9H11.C7H8Si.2ClH.Hf/c2*1-2-5-9-7-3-6-8(9)4-1;8-6-7-4-2-1-3-5-7;;;/h2*3,6-7H,1-2,4-5H2;1-5,8H,6H2;2*1H;/q;;;;;+2/p-2. The van der Waals surface area contributed by atoms with Gasteiger partial charge in [0.25, 0.3) is 0 Å². The summed E-state index contributed by atoms with van der Waals surface area (Å²) in [5.74, 6) is 0. The minimum atomic E-state index is -1.83. The van der Waals surface area contributed by atoms with E-state index in [9.17, 15) is 0 Å². The van der Waals surface area contributed by atoms with E-state index in [-0.39, 0.29) is 24.8 Å². The van der Waals surface area contributed by atoms with Crippen molar-refractivity contribution in [1.29, 1.82) is 0 Å². The quantitative estimate of drug-likeness (QED) is 0.441. The van der Waals surface area contributed by atoms with Crippen LogP contribution in [-0.2, 0) is 26.1 Å². The molecular weight excluding hydrogens is 578 g/mol. The smallest absolute Gasteiger partial charge is 1.00 e.